The average Bonchev–Trinajstić information content (AvgIpc) is 2.62. The van der Waals surface area contributed by atoms with Crippen molar-refractivity contribution >= 4 is 11.6 Å². The van der Waals surface area contributed by atoms with Gasteiger partial charge in [-0.15, -0.1) is 0 Å². The SMILES string of the molecule is COc1ccccc1N1CCN(Cc2cccc(CCN)c2)CC1=O. The van der Waals surface area contributed by atoms with Crippen molar-refractivity contribution in [3.05, 3.63) is 59.7 Å². The fourth-order valence-corrected chi connectivity index (χ4v) is 3.27. The van der Waals surface area contributed by atoms with Crippen LogP contribution >= 0.6 is 0 Å². The summed E-state index contributed by atoms with van der Waals surface area (Å²) in [7, 11) is 1.63. The Labute approximate surface area is 149 Å². The highest BCUT2D eigenvalue weighted by molar-refractivity contribution is 5.96. The van der Waals surface area contributed by atoms with Gasteiger partial charge in [-0.2, -0.15) is 0 Å². The molecule has 0 atom stereocenters. The van der Waals surface area contributed by atoms with Crippen LogP contribution in [-0.2, 0) is 17.8 Å². The Hall–Kier alpha value is -2.37. The monoisotopic (exact) mass is 339 g/mol. The number of carbonyl (C=O) groups excluding carboxylic acids is 1. The van der Waals surface area contributed by atoms with Gasteiger partial charge in [-0.25, -0.2) is 0 Å². The molecule has 1 heterocycles. The van der Waals surface area contributed by atoms with Crippen LogP contribution in [0.15, 0.2) is 48.5 Å². The first-order chi connectivity index (χ1) is 12.2. The maximum Gasteiger partial charge on any atom is 0.241 e. The molecular weight excluding hydrogens is 314 g/mol. The molecule has 2 N–H and O–H groups in total. The van der Waals surface area contributed by atoms with Gasteiger partial charge < -0.3 is 15.4 Å². The van der Waals surface area contributed by atoms with Gasteiger partial charge in [0.2, 0.25) is 5.91 Å². The summed E-state index contributed by atoms with van der Waals surface area (Å²) in [5.74, 6) is 0.840. The van der Waals surface area contributed by atoms with E-state index < -0.39 is 0 Å². The van der Waals surface area contributed by atoms with Gasteiger partial charge in [-0.1, -0.05) is 36.4 Å². The second kappa shape index (κ2) is 8.14. The highest BCUT2D eigenvalue weighted by Crippen LogP contribution is 2.29. The molecule has 2 aromatic rings. The third-order valence-corrected chi connectivity index (χ3v) is 4.51. The van der Waals surface area contributed by atoms with E-state index in [1.807, 2.05) is 29.2 Å². The summed E-state index contributed by atoms with van der Waals surface area (Å²) in [5.41, 5.74) is 8.96. The van der Waals surface area contributed by atoms with E-state index in [9.17, 15) is 4.79 Å². The second-order valence-electron chi connectivity index (χ2n) is 6.29. The Balaban J connectivity index is 1.66. The number of nitrogens with two attached hydrogens (primary N) is 1. The molecule has 1 aliphatic heterocycles. The van der Waals surface area contributed by atoms with Crippen LogP contribution < -0.4 is 15.4 Å². The van der Waals surface area contributed by atoms with Crippen molar-refractivity contribution in [1.29, 1.82) is 0 Å². The molecule has 25 heavy (non-hydrogen) atoms. The van der Waals surface area contributed by atoms with Gasteiger partial charge in [-0.3, -0.25) is 9.69 Å². The van der Waals surface area contributed by atoms with Crippen molar-refractivity contribution in [3.63, 3.8) is 0 Å². The van der Waals surface area contributed by atoms with E-state index in [1.165, 1.54) is 11.1 Å². The number of piperazine rings is 1. The number of carbonyl (C=O) groups is 1. The molecule has 1 aliphatic rings. The number of methoxy groups -OCH3 is 1. The molecule has 0 aliphatic carbocycles. The zero-order valence-electron chi connectivity index (χ0n) is 14.6. The standard InChI is InChI=1S/C20H25N3O2/c1-25-19-8-3-2-7-18(19)23-12-11-22(15-20(23)24)14-17-6-4-5-16(13-17)9-10-21/h2-8,13H,9-12,14-15,21H2,1H3. The third kappa shape index (κ3) is 4.18. The molecular formula is C20H25N3O2. The van der Waals surface area contributed by atoms with Crippen molar-refractivity contribution in [3.8, 4) is 5.75 Å². The van der Waals surface area contributed by atoms with Gasteiger partial charge in [0.05, 0.1) is 19.3 Å². The fourth-order valence-electron chi connectivity index (χ4n) is 3.27. The summed E-state index contributed by atoms with van der Waals surface area (Å²) in [6, 6.07) is 16.1. The average molecular weight is 339 g/mol. The largest absolute Gasteiger partial charge is 0.495 e. The summed E-state index contributed by atoms with van der Waals surface area (Å²) < 4.78 is 5.39. The van der Waals surface area contributed by atoms with E-state index in [-0.39, 0.29) is 5.91 Å². The molecule has 0 saturated carbocycles. The molecule has 0 aromatic heterocycles. The lowest BCUT2D eigenvalue weighted by Crippen LogP contribution is -2.50. The smallest absolute Gasteiger partial charge is 0.241 e. The lowest BCUT2D eigenvalue weighted by Gasteiger charge is -2.35. The minimum absolute atomic E-state index is 0.105. The molecule has 5 nitrogen and oxygen atoms in total. The van der Waals surface area contributed by atoms with E-state index in [1.54, 1.807) is 7.11 Å². The van der Waals surface area contributed by atoms with Crippen LogP contribution in [0, 0.1) is 0 Å². The van der Waals surface area contributed by atoms with Gasteiger partial charge in [-0.05, 0) is 36.2 Å². The van der Waals surface area contributed by atoms with Crippen LogP contribution in [0.1, 0.15) is 11.1 Å². The Morgan fingerprint density at radius 3 is 2.64 bits per heavy atom. The molecule has 1 amide bonds. The van der Waals surface area contributed by atoms with Gasteiger partial charge >= 0.3 is 0 Å². The summed E-state index contributed by atoms with van der Waals surface area (Å²) in [6.45, 7) is 3.36. The Bertz CT molecular complexity index is 732. The van der Waals surface area contributed by atoms with Crippen molar-refractivity contribution in [2.24, 2.45) is 5.73 Å². The maximum atomic E-state index is 12.6. The number of rotatable bonds is 6. The van der Waals surface area contributed by atoms with Gasteiger partial charge in [0.25, 0.3) is 0 Å². The number of nitrogens with zero attached hydrogens (tertiary/aromatic N) is 2. The van der Waals surface area contributed by atoms with Gasteiger partial charge in [0.1, 0.15) is 5.75 Å². The van der Waals surface area contributed by atoms with Gasteiger partial charge in [0, 0.05) is 19.6 Å². The zero-order valence-corrected chi connectivity index (χ0v) is 14.6. The van der Waals surface area contributed by atoms with Crippen LogP contribution in [0.2, 0.25) is 0 Å². The third-order valence-electron chi connectivity index (χ3n) is 4.51. The van der Waals surface area contributed by atoms with Crippen LogP contribution in [0.5, 0.6) is 5.75 Å². The minimum Gasteiger partial charge on any atom is -0.495 e. The lowest BCUT2D eigenvalue weighted by atomic mass is 10.1. The van der Waals surface area contributed by atoms with Crippen molar-refractivity contribution in [1.82, 2.24) is 4.90 Å². The molecule has 0 radical (unpaired) electrons. The predicted molar refractivity (Wildman–Crippen MR) is 99.8 cm³/mol. The van der Waals surface area contributed by atoms with E-state index in [0.29, 0.717) is 19.6 Å². The molecule has 3 rings (SSSR count). The summed E-state index contributed by atoms with van der Waals surface area (Å²) >= 11 is 0. The quantitative estimate of drug-likeness (QED) is 0.875. The fraction of sp³-hybridized carbons (Fsp3) is 0.350. The van der Waals surface area contributed by atoms with E-state index in [4.69, 9.17) is 10.5 Å². The molecule has 0 bridgehead atoms. The number of benzene rings is 2. The Morgan fingerprint density at radius 1 is 1.08 bits per heavy atom. The highest BCUT2D eigenvalue weighted by Gasteiger charge is 2.26. The zero-order chi connectivity index (χ0) is 17.6. The molecule has 1 fully saturated rings. The van der Waals surface area contributed by atoms with Crippen LogP contribution in [0.3, 0.4) is 0 Å². The van der Waals surface area contributed by atoms with Crippen molar-refractivity contribution in [2.45, 2.75) is 13.0 Å². The number of hydrogen-bond acceptors (Lipinski definition) is 4. The first-order valence-electron chi connectivity index (χ1n) is 8.65. The normalized spacial score (nSPS) is 15.4. The van der Waals surface area contributed by atoms with Crippen LogP contribution in [0.25, 0.3) is 0 Å². The van der Waals surface area contributed by atoms with E-state index in [0.717, 1.165) is 30.9 Å². The lowest BCUT2D eigenvalue weighted by molar-refractivity contribution is -0.121. The van der Waals surface area contributed by atoms with Crippen molar-refractivity contribution in [2.75, 3.05) is 38.2 Å². The number of ether oxygens (including phenoxy) is 1. The predicted octanol–water partition coefficient (Wildman–Crippen LogP) is 2.05. The summed E-state index contributed by atoms with van der Waals surface area (Å²) in [6.07, 6.45) is 0.883. The number of para-hydroxylation sites is 2. The first-order valence-corrected chi connectivity index (χ1v) is 8.65. The van der Waals surface area contributed by atoms with Gasteiger partial charge in [0.15, 0.2) is 0 Å². The first kappa shape index (κ1) is 17.5. The minimum atomic E-state index is 0.105. The Morgan fingerprint density at radius 2 is 1.88 bits per heavy atom. The number of anilines is 1. The molecule has 0 unspecified atom stereocenters. The van der Waals surface area contributed by atoms with Crippen LogP contribution in [-0.4, -0.2) is 44.1 Å². The Kier molecular flexibility index (Phi) is 5.68. The maximum absolute atomic E-state index is 12.6. The number of amides is 1. The van der Waals surface area contributed by atoms with Crippen LogP contribution in [0.4, 0.5) is 5.69 Å². The molecule has 132 valence electrons. The summed E-state index contributed by atoms with van der Waals surface area (Å²) in [5, 5.41) is 0. The van der Waals surface area contributed by atoms with E-state index in [2.05, 4.69) is 29.2 Å². The molecule has 0 spiro atoms. The second-order valence-corrected chi connectivity index (χ2v) is 6.29. The molecule has 1 saturated heterocycles. The summed E-state index contributed by atoms with van der Waals surface area (Å²) in [4.78, 5) is 16.7. The van der Waals surface area contributed by atoms with E-state index >= 15 is 0 Å². The van der Waals surface area contributed by atoms with Crippen molar-refractivity contribution < 1.29 is 9.53 Å². The molecule has 2 aromatic carbocycles. The number of hydrogen-bond donors (Lipinski definition) is 1. The molecule has 5 heteroatoms. The topological polar surface area (TPSA) is 58.8 Å². The highest BCUT2D eigenvalue weighted by atomic mass is 16.5.